The Kier molecular flexibility index (Phi) is 2.77. The lowest BCUT2D eigenvalue weighted by Crippen LogP contribution is -2.35. The van der Waals surface area contributed by atoms with Gasteiger partial charge in [-0.1, -0.05) is 30.3 Å². The van der Waals surface area contributed by atoms with Crippen LogP contribution in [0.3, 0.4) is 0 Å². The number of aromatic nitrogens is 2. The van der Waals surface area contributed by atoms with Gasteiger partial charge in [-0.3, -0.25) is 4.79 Å². The Balaban J connectivity index is 2.25. The Hall–Kier alpha value is -1.90. The van der Waals surface area contributed by atoms with Gasteiger partial charge in [0.25, 0.3) is 5.56 Å². The quantitative estimate of drug-likeness (QED) is 0.850. The summed E-state index contributed by atoms with van der Waals surface area (Å²) >= 11 is 0. The Bertz CT molecular complexity index is 660. The number of aromatic amines is 1. The number of rotatable bonds is 1. The summed E-state index contributed by atoms with van der Waals surface area (Å²) in [6.07, 6.45) is 2.91. The fraction of sp³-hybridized carbons (Fsp3) is 0.375. The third-order valence-electron chi connectivity index (χ3n) is 4.17. The van der Waals surface area contributed by atoms with Crippen LogP contribution in [-0.2, 0) is 11.8 Å². The third-order valence-corrected chi connectivity index (χ3v) is 4.17. The van der Waals surface area contributed by atoms with Gasteiger partial charge in [0.2, 0.25) is 0 Å². The predicted octanol–water partition coefficient (Wildman–Crippen LogP) is 2.72. The summed E-state index contributed by atoms with van der Waals surface area (Å²) in [5.41, 5.74) is 2.96. The van der Waals surface area contributed by atoms with E-state index in [1.807, 2.05) is 13.0 Å². The van der Waals surface area contributed by atoms with Crippen LogP contribution in [0.2, 0.25) is 0 Å². The second-order valence-corrected chi connectivity index (χ2v) is 5.53. The molecule has 1 N–H and O–H groups in total. The first kappa shape index (κ1) is 12.2. The maximum Gasteiger partial charge on any atom is 0.254 e. The maximum atomic E-state index is 12.1. The van der Waals surface area contributed by atoms with Gasteiger partial charge in [0.15, 0.2) is 0 Å². The molecule has 0 aliphatic heterocycles. The van der Waals surface area contributed by atoms with Crippen LogP contribution in [0.4, 0.5) is 0 Å². The summed E-state index contributed by atoms with van der Waals surface area (Å²) in [4.78, 5) is 19.6. The molecule has 3 heteroatoms. The van der Waals surface area contributed by atoms with Crippen LogP contribution >= 0.6 is 0 Å². The van der Waals surface area contributed by atoms with Gasteiger partial charge in [-0.2, -0.15) is 0 Å². The number of hydrogen-bond donors (Lipinski definition) is 1. The topological polar surface area (TPSA) is 45.8 Å². The van der Waals surface area contributed by atoms with E-state index in [0.29, 0.717) is 5.82 Å². The van der Waals surface area contributed by atoms with Gasteiger partial charge in [-0.15, -0.1) is 0 Å². The Morgan fingerprint density at radius 1 is 1.26 bits per heavy atom. The van der Waals surface area contributed by atoms with E-state index in [4.69, 9.17) is 0 Å². The highest BCUT2D eigenvalue weighted by Gasteiger charge is 2.36. The van der Waals surface area contributed by atoms with Crippen molar-refractivity contribution in [3.63, 3.8) is 0 Å². The lowest BCUT2D eigenvalue weighted by Gasteiger charge is -2.35. The highest BCUT2D eigenvalue weighted by atomic mass is 16.1. The molecule has 0 amide bonds. The van der Waals surface area contributed by atoms with Gasteiger partial charge < -0.3 is 4.98 Å². The minimum Gasteiger partial charge on any atom is -0.311 e. The predicted molar refractivity (Wildman–Crippen MR) is 75.4 cm³/mol. The normalized spacial score (nSPS) is 22.0. The van der Waals surface area contributed by atoms with Crippen LogP contribution in [0.5, 0.6) is 0 Å². The van der Waals surface area contributed by atoms with E-state index in [1.54, 1.807) is 0 Å². The van der Waals surface area contributed by atoms with Crippen molar-refractivity contribution in [2.45, 2.75) is 38.5 Å². The van der Waals surface area contributed by atoms with Crippen LogP contribution in [0.1, 0.15) is 42.4 Å². The zero-order valence-corrected chi connectivity index (χ0v) is 11.4. The van der Waals surface area contributed by atoms with Crippen LogP contribution in [0.15, 0.2) is 35.1 Å². The van der Waals surface area contributed by atoms with Crippen molar-refractivity contribution >= 4 is 0 Å². The van der Waals surface area contributed by atoms with Gasteiger partial charge in [-0.05, 0) is 38.7 Å². The summed E-state index contributed by atoms with van der Waals surface area (Å²) in [7, 11) is 0. The van der Waals surface area contributed by atoms with E-state index in [0.717, 1.165) is 30.5 Å². The Labute approximate surface area is 112 Å². The third kappa shape index (κ3) is 1.89. The van der Waals surface area contributed by atoms with Crippen molar-refractivity contribution in [1.29, 1.82) is 0 Å². The average molecular weight is 254 g/mol. The van der Waals surface area contributed by atoms with Crippen molar-refractivity contribution < 1.29 is 0 Å². The minimum atomic E-state index is -0.145. The number of nitrogens with zero attached hydrogens (tertiary/aromatic N) is 1. The first-order valence-electron chi connectivity index (χ1n) is 6.77. The lowest BCUT2D eigenvalue weighted by molar-refractivity contribution is 0.445. The van der Waals surface area contributed by atoms with Crippen LogP contribution in [0.25, 0.3) is 0 Å². The molecule has 1 aromatic carbocycles. The highest BCUT2D eigenvalue weighted by Crippen LogP contribution is 2.39. The average Bonchev–Trinajstić information content (AvgIpc) is 2.41. The number of H-pyrrole nitrogens is 1. The van der Waals surface area contributed by atoms with Crippen LogP contribution in [0, 0.1) is 6.92 Å². The molecule has 0 saturated carbocycles. The SMILES string of the molecule is Cc1nc2c(c(=O)[nH]1)CCC[C@@]2(C)c1ccccc1. The largest absolute Gasteiger partial charge is 0.311 e. The first-order chi connectivity index (χ1) is 9.11. The molecule has 1 aliphatic carbocycles. The molecule has 0 bridgehead atoms. The maximum absolute atomic E-state index is 12.1. The molecule has 19 heavy (non-hydrogen) atoms. The Morgan fingerprint density at radius 2 is 2.00 bits per heavy atom. The molecule has 3 nitrogen and oxygen atoms in total. The zero-order valence-electron chi connectivity index (χ0n) is 11.4. The van der Waals surface area contributed by atoms with Crippen molar-refractivity contribution in [1.82, 2.24) is 9.97 Å². The summed E-state index contributed by atoms with van der Waals surface area (Å²) in [5.74, 6) is 0.702. The summed E-state index contributed by atoms with van der Waals surface area (Å²) in [6.45, 7) is 4.05. The molecule has 1 aromatic heterocycles. The van der Waals surface area contributed by atoms with Crippen LogP contribution in [-0.4, -0.2) is 9.97 Å². The monoisotopic (exact) mass is 254 g/mol. The Morgan fingerprint density at radius 3 is 2.74 bits per heavy atom. The molecule has 3 rings (SSSR count). The molecule has 0 saturated heterocycles. The van der Waals surface area contributed by atoms with Gasteiger partial charge in [-0.25, -0.2) is 4.98 Å². The van der Waals surface area contributed by atoms with E-state index in [1.165, 1.54) is 5.56 Å². The molecular weight excluding hydrogens is 236 g/mol. The fourth-order valence-electron chi connectivity index (χ4n) is 3.12. The standard InChI is InChI=1S/C16H18N2O/c1-11-17-14-13(15(19)18-11)9-6-10-16(14,2)12-7-4-3-5-8-12/h3-5,7-8H,6,9-10H2,1-2H3,(H,17,18,19)/t16-/m0/s1. The molecule has 98 valence electrons. The second kappa shape index (κ2) is 4.34. The van der Waals surface area contributed by atoms with Crippen molar-refractivity contribution in [3.8, 4) is 0 Å². The van der Waals surface area contributed by atoms with E-state index in [9.17, 15) is 4.79 Å². The van der Waals surface area contributed by atoms with Gasteiger partial charge in [0, 0.05) is 11.0 Å². The van der Waals surface area contributed by atoms with Crippen molar-refractivity contribution in [3.05, 3.63) is 63.3 Å². The lowest BCUT2D eigenvalue weighted by atomic mass is 9.70. The van der Waals surface area contributed by atoms with Crippen molar-refractivity contribution in [2.24, 2.45) is 0 Å². The summed E-state index contributed by atoms with van der Waals surface area (Å²) in [6, 6.07) is 10.4. The molecule has 0 spiro atoms. The van der Waals surface area contributed by atoms with Gasteiger partial charge in [0.1, 0.15) is 5.82 Å². The fourth-order valence-corrected chi connectivity index (χ4v) is 3.12. The minimum absolute atomic E-state index is 0.0318. The molecule has 1 aliphatic rings. The molecule has 0 unspecified atom stereocenters. The number of nitrogens with one attached hydrogen (secondary N) is 1. The van der Waals surface area contributed by atoms with E-state index in [2.05, 4.69) is 41.2 Å². The zero-order chi connectivity index (χ0) is 13.5. The molecule has 1 atom stereocenters. The van der Waals surface area contributed by atoms with Crippen LogP contribution < -0.4 is 5.56 Å². The smallest absolute Gasteiger partial charge is 0.254 e. The number of fused-ring (bicyclic) bond motifs is 1. The summed E-state index contributed by atoms with van der Waals surface area (Å²) < 4.78 is 0. The molecular formula is C16H18N2O. The van der Waals surface area contributed by atoms with Crippen molar-refractivity contribution in [2.75, 3.05) is 0 Å². The first-order valence-corrected chi connectivity index (χ1v) is 6.77. The highest BCUT2D eigenvalue weighted by molar-refractivity contribution is 5.40. The van der Waals surface area contributed by atoms with Gasteiger partial charge >= 0.3 is 0 Å². The number of aryl methyl sites for hydroxylation is 1. The summed E-state index contributed by atoms with van der Waals surface area (Å²) in [5, 5.41) is 0. The molecule has 1 heterocycles. The second-order valence-electron chi connectivity index (χ2n) is 5.53. The molecule has 0 radical (unpaired) electrons. The van der Waals surface area contributed by atoms with E-state index in [-0.39, 0.29) is 11.0 Å². The van der Waals surface area contributed by atoms with Gasteiger partial charge in [0.05, 0.1) is 5.69 Å². The number of hydrogen-bond acceptors (Lipinski definition) is 2. The molecule has 0 fully saturated rings. The van der Waals surface area contributed by atoms with E-state index >= 15 is 0 Å². The van der Waals surface area contributed by atoms with E-state index < -0.39 is 0 Å². The number of benzene rings is 1. The molecule has 2 aromatic rings.